The minimum Gasteiger partial charge on any atom is -0.480 e. The Balaban J connectivity index is 1.56. The quantitative estimate of drug-likeness (QED) is 0.249. The molecule has 0 aliphatic carbocycles. The molecule has 0 radical (unpaired) electrons. The summed E-state index contributed by atoms with van der Waals surface area (Å²) >= 11 is 0. The molecule has 1 amide bonds. The summed E-state index contributed by atoms with van der Waals surface area (Å²) in [5, 5.41) is 0.614. The number of ether oxygens (including phenoxy) is 1. The van der Waals surface area contributed by atoms with E-state index in [-0.39, 0.29) is 22.9 Å². The molecule has 2 aromatic heterocycles. The molecule has 2 heterocycles. The number of nitrogens with zero attached hydrogens (tertiary/aromatic N) is 2. The molecule has 9 nitrogen and oxygen atoms in total. The molecule has 41 heavy (non-hydrogen) atoms. The van der Waals surface area contributed by atoms with E-state index in [9.17, 15) is 26.4 Å². The number of methoxy groups -OCH3 is 1. The van der Waals surface area contributed by atoms with Crippen LogP contribution in [0, 0.1) is 17.5 Å². The predicted molar refractivity (Wildman–Crippen MR) is 147 cm³/mol. The van der Waals surface area contributed by atoms with Crippen molar-refractivity contribution in [3.05, 3.63) is 95.9 Å². The topological polar surface area (TPSA) is 150 Å². The van der Waals surface area contributed by atoms with Gasteiger partial charge in [-0.15, -0.1) is 0 Å². The van der Waals surface area contributed by atoms with Crippen molar-refractivity contribution < 1.29 is 31.1 Å². The van der Waals surface area contributed by atoms with E-state index in [0.717, 1.165) is 18.2 Å². The molecule has 208 valence electrons. The number of nitrogens with two attached hydrogens (primary N) is 2. The summed E-state index contributed by atoms with van der Waals surface area (Å²) in [5.41, 5.74) is 13.5. The van der Waals surface area contributed by atoms with Gasteiger partial charge in [-0.1, -0.05) is 12.1 Å². The van der Waals surface area contributed by atoms with Crippen molar-refractivity contribution in [2.45, 2.75) is 4.90 Å². The fraction of sp³-hybridized carbons (Fsp3) is 0.0357. The Morgan fingerprint density at radius 2 is 1.66 bits per heavy atom. The number of fused-ring (bicyclic) bond motifs is 1. The van der Waals surface area contributed by atoms with Gasteiger partial charge in [-0.2, -0.15) is 0 Å². The maximum atomic E-state index is 14.2. The lowest BCUT2D eigenvalue weighted by molar-refractivity contribution is 0.0996. The fourth-order valence-electron chi connectivity index (χ4n) is 4.22. The first-order chi connectivity index (χ1) is 19.5. The number of amides is 1. The number of anilines is 2. The number of pyridine rings is 2. The lowest BCUT2D eigenvalue weighted by Gasteiger charge is -2.14. The predicted octanol–water partition coefficient (Wildman–Crippen LogP) is 4.87. The van der Waals surface area contributed by atoms with E-state index in [2.05, 4.69) is 14.7 Å². The number of nitrogen functional groups attached to an aromatic ring is 1. The van der Waals surface area contributed by atoms with Gasteiger partial charge in [0.25, 0.3) is 15.9 Å². The van der Waals surface area contributed by atoms with Crippen LogP contribution < -0.4 is 20.9 Å². The first kappa shape index (κ1) is 27.4. The molecule has 0 aliphatic heterocycles. The van der Waals surface area contributed by atoms with Crippen LogP contribution in [0.25, 0.3) is 33.2 Å². The van der Waals surface area contributed by atoms with Crippen molar-refractivity contribution in [2.75, 3.05) is 17.6 Å². The number of benzene rings is 3. The third-order valence-electron chi connectivity index (χ3n) is 6.19. The third kappa shape index (κ3) is 5.34. The average Bonchev–Trinajstić information content (AvgIpc) is 2.92. The van der Waals surface area contributed by atoms with Gasteiger partial charge >= 0.3 is 0 Å². The molecule has 0 unspecified atom stereocenters. The zero-order valence-corrected chi connectivity index (χ0v) is 22.0. The van der Waals surface area contributed by atoms with E-state index in [1.54, 1.807) is 24.3 Å². The molecule has 5 N–H and O–H groups in total. The zero-order chi connectivity index (χ0) is 29.5. The number of carbonyl (C=O) groups is 1. The Kier molecular flexibility index (Phi) is 6.97. The van der Waals surface area contributed by atoms with E-state index in [0.29, 0.717) is 39.2 Å². The standard InChI is InChI=1S/C28H20F3N5O4S/c1-40-28-24(36-41(38,39)25-7-4-18(29)12-22(25)31)11-17(13-34-28)14-3-6-23-16(8-14)10-19(26(32)35-23)15-2-5-21(30)20(9-15)27(33)37/h2-13,36H,1H3,(H2,32,35)(H2,33,37). The van der Waals surface area contributed by atoms with Crippen molar-refractivity contribution in [2.24, 2.45) is 5.73 Å². The highest BCUT2D eigenvalue weighted by Gasteiger charge is 2.22. The number of rotatable bonds is 7. The summed E-state index contributed by atoms with van der Waals surface area (Å²) < 4.78 is 74.7. The highest BCUT2D eigenvalue weighted by molar-refractivity contribution is 7.92. The molecule has 0 spiro atoms. The Bertz CT molecular complexity index is 1970. The summed E-state index contributed by atoms with van der Waals surface area (Å²) in [4.78, 5) is 19.4. The number of sulfonamides is 1. The number of aromatic nitrogens is 2. The first-order valence-corrected chi connectivity index (χ1v) is 13.3. The molecular formula is C28H20F3N5O4S. The zero-order valence-electron chi connectivity index (χ0n) is 21.2. The van der Waals surface area contributed by atoms with E-state index in [4.69, 9.17) is 16.2 Å². The summed E-state index contributed by atoms with van der Waals surface area (Å²) in [6.07, 6.45) is 1.45. The van der Waals surface area contributed by atoms with Crippen molar-refractivity contribution in [3.63, 3.8) is 0 Å². The Hall–Kier alpha value is -5.17. The molecular weight excluding hydrogens is 559 g/mol. The maximum absolute atomic E-state index is 14.2. The molecule has 0 bridgehead atoms. The maximum Gasteiger partial charge on any atom is 0.264 e. The Morgan fingerprint density at radius 3 is 2.37 bits per heavy atom. The highest BCUT2D eigenvalue weighted by Crippen LogP contribution is 2.34. The van der Waals surface area contributed by atoms with Crippen molar-refractivity contribution in [3.8, 4) is 28.1 Å². The second-order valence-corrected chi connectivity index (χ2v) is 10.5. The molecule has 0 aliphatic rings. The monoisotopic (exact) mass is 579 g/mol. The Labute approximate surface area is 231 Å². The average molecular weight is 580 g/mol. The van der Waals surface area contributed by atoms with E-state index in [1.807, 2.05) is 0 Å². The van der Waals surface area contributed by atoms with Gasteiger partial charge in [0.1, 0.15) is 33.9 Å². The van der Waals surface area contributed by atoms with Crippen molar-refractivity contribution >= 4 is 38.3 Å². The number of primary amides is 1. The van der Waals surface area contributed by atoms with Gasteiger partial charge in [0.2, 0.25) is 5.88 Å². The van der Waals surface area contributed by atoms with Gasteiger partial charge in [-0.05, 0) is 59.7 Å². The number of hydrogen-bond acceptors (Lipinski definition) is 7. The van der Waals surface area contributed by atoms with Gasteiger partial charge in [0, 0.05) is 28.8 Å². The number of halogens is 3. The van der Waals surface area contributed by atoms with Crippen LogP contribution in [0.2, 0.25) is 0 Å². The molecule has 0 atom stereocenters. The third-order valence-corrected chi connectivity index (χ3v) is 7.59. The second-order valence-electron chi connectivity index (χ2n) is 8.85. The molecule has 5 rings (SSSR count). The van der Waals surface area contributed by atoms with Crippen LogP contribution in [0.3, 0.4) is 0 Å². The molecule has 13 heteroatoms. The molecule has 3 aromatic carbocycles. The molecule has 5 aromatic rings. The summed E-state index contributed by atoms with van der Waals surface area (Å²) in [7, 11) is -3.19. The number of hydrogen-bond donors (Lipinski definition) is 3. The number of nitrogens with one attached hydrogen (secondary N) is 1. The van der Waals surface area contributed by atoms with Gasteiger partial charge in [0.15, 0.2) is 0 Å². The minimum atomic E-state index is -4.48. The van der Waals surface area contributed by atoms with Crippen LogP contribution >= 0.6 is 0 Å². The molecule has 0 fully saturated rings. The van der Waals surface area contributed by atoms with Crippen LogP contribution in [-0.2, 0) is 10.0 Å². The summed E-state index contributed by atoms with van der Waals surface area (Å²) in [6.45, 7) is 0. The Morgan fingerprint density at radius 1 is 0.902 bits per heavy atom. The fourth-order valence-corrected chi connectivity index (χ4v) is 5.33. The lowest BCUT2D eigenvalue weighted by atomic mass is 9.99. The minimum absolute atomic E-state index is 0.0843. The smallest absolute Gasteiger partial charge is 0.264 e. The van der Waals surface area contributed by atoms with E-state index in [1.165, 1.54) is 31.5 Å². The lowest BCUT2D eigenvalue weighted by Crippen LogP contribution is -2.15. The van der Waals surface area contributed by atoms with Crippen LogP contribution in [0.1, 0.15) is 10.4 Å². The van der Waals surface area contributed by atoms with Crippen LogP contribution in [0.5, 0.6) is 5.88 Å². The van der Waals surface area contributed by atoms with Gasteiger partial charge in [-0.25, -0.2) is 31.6 Å². The highest BCUT2D eigenvalue weighted by atomic mass is 32.2. The normalized spacial score (nSPS) is 11.4. The largest absolute Gasteiger partial charge is 0.480 e. The SMILES string of the molecule is COc1ncc(-c2ccc3nc(N)c(-c4ccc(F)c(C(N)=O)c4)cc3c2)cc1NS(=O)(=O)c1ccc(F)cc1F. The molecule has 0 saturated heterocycles. The second kappa shape index (κ2) is 10.4. The van der Waals surface area contributed by atoms with Crippen molar-refractivity contribution in [1.82, 2.24) is 9.97 Å². The van der Waals surface area contributed by atoms with Crippen molar-refractivity contribution in [1.29, 1.82) is 0 Å². The van der Waals surface area contributed by atoms with Crippen LogP contribution in [0.4, 0.5) is 24.7 Å². The van der Waals surface area contributed by atoms with E-state index < -0.39 is 38.3 Å². The summed E-state index contributed by atoms with van der Waals surface area (Å²) in [5.74, 6) is -3.83. The van der Waals surface area contributed by atoms with Gasteiger partial charge in [0.05, 0.1) is 18.2 Å². The van der Waals surface area contributed by atoms with Gasteiger partial charge in [-0.3, -0.25) is 9.52 Å². The molecule has 0 saturated carbocycles. The van der Waals surface area contributed by atoms with Gasteiger partial charge < -0.3 is 16.2 Å². The van der Waals surface area contributed by atoms with E-state index >= 15 is 0 Å². The number of carbonyl (C=O) groups excluding carboxylic acids is 1. The van der Waals surface area contributed by atoms with Crippen LogP contribution in [0.15, 0.2) is 77.8 Å². The first-order valence-electron chi connectivity index (χ1n) is 11.8. The van der Waals surface area contributed by atoms with Crippen LogP contribution in [-0.4, -0.2) is 31.4 Å². The summed E-state index contributed by atoms with van der Waals surface area (Å²) in [6, 6.07) is 14.2.